The first-order chi connectivity index (χ1) is 13.5. The van der Waals surface area contributed by atoms with Gasteiger partial charge in [0.1, 0.15) is 11.5 Å². The van der Waals surface area contributed by atoms with E-state index in [0.717, 1.165) is 37.4 Å². The van der Waals surface area contributed by atoms with Gasteiger partial charge in [0, 0.05) is 30.7 Å². The van der Waals surface area contributed by atoms with E-state index in [1.807, 2.05) is 10.5 Å². The van der Waals surface area contributed by atoms with Crippen molar-refractivity contribution >= 4 is 28.9 Å². The molecule has 1 aliphatic carbocycles. The SMILES string of the molecule is NC(=O)c1cc(F)c(N[C@@H]2CCCC[C@@H]2N)nc1Nc1ccc2nccn2c1. The molecule has 0 unspecified atom stereocenters. The minimum atomic E-state index is -0.765. The highest BCUT2D eigenvalue weighted by atomic mass is 19.1. The van der Waals surface area contributed by atoms with Crippen LogP contribution in [0, 0.1) is 5.82 Å². The molecule has 0 radical (unpaired) electrons. The van der Waals surface area contributed by atoms with Crippen LogP contribution in [0.5, 0.6) is 0 Å². The number of imidazole rings is 1. The lowest BCUT2D eigenvalue weighted by Crippen LogP contribution is -2.43. The van der Waals surface area contributed by atoms with Crippen LogP contribution in [0.15, 0.2) is 36.8 Å². The van der Waals surface area contributed by atoms with E-state index in [2.05, 4.69) is 20.6 Å². The van der Waals surface area contributed by atoms with Gasteiger partial charge >= 0.3 is 0 Å². The van der Waals surface area contributed by atoms with Gasteiger partial charge in [0.25, 0.3) is 5.91 Å². The van der Waals surface area contributed by atoms with Crippen LogP contribution in [0.2, 0.25) is 0 Å². The molecule has 3 heterocycles. The predicted molar refractivity (Wildman–Crippen MR) is 105 cm³/mol. The maximum atomic E-state index is 14.6. The van der Waals surface area contributed by atoms with Crippen molar-refractivity contribution < 1.29 is 9.18 Å². The summed E-state index contributed by atoms with van der Waals surface area (Å²) in [4.78, 5) is 20.3. The Bertz CT molecular complexity index is 1020. The first-order valence-corrected chi connectivity index (χ1v) is 9.23. The lowest BCUT2D eigenvalue weighted by molar-refractivity contribution is 0.100. The molecule has 3 aromatic heterocycles. The lowest BCUT2D eigenvalue weighted by Gasteiger charge is -2.30. The second-order valence-corrected chi connectivity index (χ2v) is 7.01. The van der Waals surface area contributed by atoms with Crippen LogP contribution in [0.3, 0.4) is 0 Å². The molecule has 1 saturated carbocycles. The maximum Gasteiger partial charge on any atom is 0.252 e. The Morgan fingerprint density at radius 1 is 1.25 bits per heavy atom. The van der Waals surface area contributed by atoms with Crippen molar-refractivity contribution in [3.63, 3.8) is 0 Å². The Labute approximate surface area is 161 Å². The number of halogens is 1. The minimum absolute atomic E-state index is 0.0262. The Morgan fingerprint density at radius 3 is 2.86 bits per heavy atom. The van der Waals surface area contributed by atoms with Gasteiger partial charge in [-0.1, -0.05) is 12.8 Å². The third kappa shape index (κ3) is 3.61. The fourth-order valence-corrected chi connectivity index (χ4v) is 3.52. The first kappa shape index (κ1) is 18.2. The number of pyridine rings is 2. The predicted octanol–water partition coefficient (Wildman–Crippen LogP) is 2.39. The summed E-state index contributed by atoms with van der Waals surface area (Å²) in [6.45, 7) is 0. The molecule has 9 heteroatoms. The monoisotopic (exact) mass is 383 g/mol. The number of primary amides is 1. The second kappa shape index (κ2) is 7.43. The van der Waals surface area contributed by atoms with Crippen molar-refractivity contribution in [3.8, 4) is 0 Å². The Morgan fingerprint density at radius 2 is 2.07 bits per heavy atom. The number of aromatic nitrogens is 3. The van der Waals surface area contributed by atoms with E-state index in [1.165, 1.54) is 0 Å². The van der Waals surface area contributed by atoms with Gasteiger partial charge in [-0.15, -0.1) is 0 Å². The first-order valence-electron chi connectivity index (χ1n) is 9.23. The third-order valence-electron chi connectivity index (χ3n) is 5.03. The van der Waals surface area contributed by atoms with Crippen LogP contribution in [-0.4, -0.2) is 32.4 Å². The molecule has 0 aliphatic heterocycles. The summed E-state index contributed by atoms with van der Waals surface area (Å²) in [5, 5.41) is 6.15. The summed E-state index contributed by atoms with van der Waals surface area (Å²) in [6.07, 6.45) is 9.10. The number of fused-ring (bicyclic) bond motifs is 1. The van der Waals surface area contributed by atoms with Gasteiger partial charge in [-0.2, -0.15) is 0 Å². The molecular weight excluding hydrogens is 361 g/mol. The van der Waals surface area contributed by atoms with Crippen molar-refractivity contribution in [2.45, 2.75) is 37.8 Å². The number of hydrogen-bond donors (Lipinski definition) is 4. The van der Waals surface area contributed by atoms with E-state index in [1.54, 1.807) is 24.7 Å². The van der Waals surface area contributed by atoms with E-state index in [0.29, 0.717) is 5.69 Å². The zero-order chi connectivity index (χ0) is 19.7. The fraction of sp³-hybridized carbons (Fsp3) is 0.316. The number of amides is 1. The number of nitrogens with one attached hydrogen (secondary N) is 2. The van der Waals surface area contributed by atoms with E-state index < -0.39 is 11.7 Å². The fourth-order valence-electron chi connectivity index (χ4n) is 3.52. The molecule has 0 bridgehead atoms. The molecule has 0 aromatic carbocycles. The molecule has 146 valence electrons. The standard InChI is InChI=1S/C19H22FN7O/c20-13-9-12(17(22)28)18(24-11-5-6-16-23-7-8-27(16)10-11)26-19(13)25-15-4-2-1-3-14(15)21/h5-10,14-15H,1-4,21H2,(H2,22,28)(H2,24,25,26)/t14-,15+/m0/s1. The zero-order valence-corrected chi connectivity index (χ0v) is 15.2. The van der Waals surface area contributed by atoms with E-state index in [9.17, 15) is 9.18 Å². The van der Waals surface area contributed by atoms with Crippen molar-refractivity contribution in [3.05, 3.63) is 48.2 Å². The van der Waals surface area contributed by atoms with Crippen LogP contribution >= 0.6 is 0 Å². The number of carbonyl (C=O) groups excluding carboxylic acids is 1. The van der Waals surface area contributed by atoms with Crippen LogP contribution < -0.4 is 22.1 Å². The molecule has 4 rings (SSSR count). The zero-order valence-electron chi connectivity index (χ0n) is 15.2. The summed E-state index contributed by atoms with van der Waals surface area (Å²) in [6, 6.07) is 4.58. The molecule has 1 fully saturated rings. The molecule has 3 aromatic rings. The number of rotatable bonds is 5. The highest BCUT2D eigenvalue weighted by Crippen LogP contribution is 2.26. The van der Waals surface area contributed by atoms with Gasteiger partial charge in [0.2, 0.25) is 0 Å². The number of nitrogens with zero attached hydrogens (tertiary/aromatic N) is 3. The summed E-state index contributed by atoms with van der Waals surface area (Å²) in [7, 11) is 0. The van der Waals surface area contributed by atoms with Gasteiger partial charge in [-0.05, 0) is 31.0 Å². The van der Waals surface area contributed by atoms with Gasteiger partial charge in [-0.25, -0.2) is 14.4 Å². The van der Waals surface area contributed by atoms with E-state index in [-0.39, 0.29) is 29.3 Å². The van der Waals surface area contributed by atoms with E-state index in [4.69, 9.17) is 11.5 Å². The lowest BCUT2D eigenvalue weighted by atomic mass is 9.91. The number of nitrogens with two attached hydrogens (primary N) is 2. The van der Waals surface area contributed by atoms with Gasteiger partial charge in [-0.3, -0.25) is 4.79 Å². The Hall–Kier alpha value is -3.20. The molecule has 0 spiro atoms. The summed E-state index contributed by atoms with van der Waals surface area (Å²) >= 11 is 0. The quantitative estimate of drug-likeness (QED) is 0.536. The summed E-state index contributed by atoms with van der Waals surface area (Å²) < 4.78 is 16.4. The maximum absolute atomic E-state index is 14.6. The minimum Gasteiger partial charge on any atom is -0.365 e. The normalized spacial score (nSPS) is 19.5. The van der Waals surface area contributed by atoms with Gasteiger partial charge in [0.15, 0.2) is 11.6 Å². The summed E-state index contributed by atoms with van der Waals surface area (Å²) in [5.74, 6) is -1.17. The van der Waals surface area contributed by atoms with Crippen molar-refractivity contribution in [1.29, 1.82) is 0 Å². The van der Waals surface area contributed by atoms with Crippen LogP contribution in [0.25, 0.3) is 5.65 Å². The van der Waals surface area contributed by atoms with Crippen LogP contribution in [-0.2, 0) is 0 Å². The number of anilines is 3. The average Bonchev–Trinajstić information content (AvgIpc) is 3.13. The molecule has 2 atom stereocenters. The smallest absolute Gasteiger partial charge is 0.252 e. The molecule has 1 aliphatic rings. The van der Waals surface area contributed by atoms with Crippen molar-refractivity contribution in [1.82, 2.24) is 14.4 Å². The Kier molecular flexibility index (Phi) is 4.82. The Balaban J connectivity index is 1.66. The largest absolute Gasteiger partial charge is 0.365 e. The van der Waals surface area contributed by atoms with Crippen molar-refractivity contribution in [2.24, 2.45) is 11.5 Å². The third-order valence-corrected chi connectivity index (χ3v) is 5.03. The second-order valence-electron chi connectivity index (χ2n) is 7.01. The number of hydrogen-bond acceptors (Lipinski definition) is 6. The number of carbonyl (C=O) groups is 1. The van der Waals surface area contributed by atoms with Crippen LogP contribution in [0.4, 0.5) is 21.7 Å². The highest BCUT2D eigenvalue weighted by Gasteiger charge is 2.24. The molecule has 1 amide bonds. The van der Waals surface area contributed by atoms with Gasteiger partial charge < -0.3 is 26.5 Å². The molecule has 0 saturated heterocycles. The molecular formula is C19H22FN7O. The van der Waals surface area contributed by atoms with Crippen molar-refractivity contribution in [2.75, 3.05) is 10.6 Å². The topological polar surface area (TPSA) is 123 Å². The van der Waals surface area contributed by atoms with Crippen LogP contribution in [0.1, 0.15) is 36.0 Å². The average molecular weight is 383 g/mol. The molecule has 28 heavy (non-hydrogen) atoms. The summed E-state index contributed by atoms with van der Waals surface area (Å²) in [5.41, 5.74) is 13.0. The molecule has 6 N–H and O–H groups in total. The molecule has 8 nitrogen and oxygen atoms in total. The highest BCUT2D eigenvalue weighted by molar-refractivity contribution is 5.98. The van der Waals surface area contributed by atoms with Gasteiger partial charge in [0.05, 0.1) is 11.3 Å². The van der Waals surface area contributed by atoms with E-state index >= 15 is 0 Å².